The largest absolute Gasteiger partial charge is 0.466 e. The number of aliphatic hydroxyl groups excluding tert-OH is 1. The van der Waals surface area contributed by atoms with Crippen LogP contribution in [0.15, 0.2) is 53.6 Å². The van der Waals surface area contributed by atoms with E-state index in [9.17, 15) is 14.3 Å². The van der Waals surface area contributed by atoms with Gasteiger partial charge in [-0.1, -0.05) is 36.4 Å². The van der Waals surface area contributed by atoms with Gasteiger partial charge in [0.05, 0.1) is 25.4 Å². The first-order chi connectivity index (χ1) is 16.9. The SMILES string of the molecule is CCOC(=O)CC/C=C/C1=CCCC=C1[C@@H](C)OC[C@H](O)CN1CC[C@H]1Cc1ccc(C)c(F)c1. The van der Waals surface area contributed by atoms with Crippen LogP contribution in [0.5, 0.6) is 0 Å². The summed E-state index contributed by atoms with van der Waals surface area (Å²) in [6.45, 7) is 7.78. The maximum atomic E-state index is 13.9. The molecule has 3 rings (SSSR count). The van der Waals surface area contributed by atoms with E-state index in [-0.39, 0.29) is 24.5 Å². The Balaban J connectivity index is 1.42. The van der Waals surface area contributed by atoms with Gasteiger partial charge >= 0.3 is 5.97 Å². The molecule has 6 heteroatoms. The number of aliphatic hydroxyl groups is 1. The van der Waals surface area contributed by atoms with E-state index in [0.29, 0.717) is 37.6 Å². The van der Waals surface area contributed by atoms with E-state index in [2.05, 4.69) is 23.1 Å². The van der Waals surface area contributed by atoms with Gasteiger partial charge in [0.25, 0.3) is 0 Å². The molecule has 0 saturated carbocycles. The summed E-state index contributed by atoms with van der Waals surface area (Å²) in [5.74, 6) is -0.332. The second-order valence-electron chi connectivity index (χ2n) is 9.50. The molecule has 35 heavy (non-hydrogen) atoms. The van der Waals surface area contributed by atoms with Crippen LogP contribution >= 0.6 is 0 Å². The maximum Gasteiger partial charge on any atom is 0.306 e. The molecule has 1 aliphatic carbocycles. The van der Waals surface area contributed by atoms with E-state index >= 15 is 0 Å². The molecule has 0 unspecified atom stereocenters. The van der Waals surface area contributed by atoms with Gasteiger partial charge in [-0.3, -0.25) is 9.69 Å². The third-order valence-corrected chi connectivity index (χ3v) is 6.74. The highest BCUT2D eigenvalue weighted by atomic mass is 19.1. The van der Waals surface area contributed by atoms with E-state index in [1.54, 1.807) is 13.0 Å². The molecule has 1 aromatic rings. The fourth-order valence-corrected chi connectivity index (χ4v) is 4.59. The molecule has 5 nitrogen and oxygen atoms in total. The number of hydrogen-bond donors (Lipinski definition) is 1. The van der Waals surface area contributed by atoms with Gasteiger partial charge in [-0.25, -0.2) is 4.39 Å². The lowest BCUT2D eigenvalue weighted by atomic mass is 9.93. The van der Waals surface area contributed by atoms with Crippen molar-refractivity contribution in [2.24, 2.45) is 0 Å². The molecule has 3 atom stereocenters. The van der Waals surface area contributed by atoms with Crippen LogP contribution in [0.3, 0.4) is 0 Å². The summed E-state index contributed by atoms with van der Waals surface area (Å²) in [5, 5.41) is 10.6. The van der Waals surface area contributed by atoms with Crippen molar-refractivity contribution in [1.82, 2.24) is 4.90 Å². The second-order valence-corrected chi connectivity index (χ2v) is 9.50. The summed E-state index contributed by atoms with van der Waals surface area (Å²) in [6, 6.07) is 5.78. The van der Waals surface area contributed by atoms with Gasteiger partial charge in [0.2, 0.25) is 0 Å². The number of carbonyl (C=O) groups is 1. The Labute approximate surface area is 209 Å². The van der Waals surface area contributed by atoms with E-state index in [0.717, 1.165) is 48.9 Å². The Hall–Kier alpha value is -2.28. The zero-order chi connectivity index (χ0) is 25.2. The lowest BCUT2D eigenvalue weighted by Gasteiger charge is -2.42. The molecule has 0 amide bonds. The van der Waals surface area contributed by atoms with Crippen LogP contribution in [0.1, 0.15) is 57.1 Å². The van der Waals surface area contributed by atoms with Crippen LogP contribution in [-0.4, -0.2) is 60.5 Å². The van der Waals surface area contributed by atoms with E-state index in [1.165, 1.54) is 0 Å². The predicted octanol–water partition coefficient (Wildman–Crippen LogP) is 5.06. The number of hydrogen-bond acceptors (Lipinski definition) is 5. The topological polar surface area (TPSA) is 59.0 Å². The molecule has 1 heterocycles. The minimum atomic E-state index is -0.577. The number of rotatable bonds is 13. The van der Waals surface area contributed by atoms with Crippen LogP contribution < -0.4 is 0 Å². The maximum absolute atomic E-state index is 13.9. The minimum Gasteiger partial charge on any atom is -0.466 e. The smallest absolute Gasteiger partial charge is 0.306 e. The number of carbonyl (C=O) groups excluding carboxylic acids is 1. The zero-order valence-electron chi connectivity index (χ0n) is 21.3. The van der Waals surface area contributed by atoms with Crippen LogP contribution in [0.2, 0.25) is 0 Å². The summed E-state index contributed by atoms with van der Waals surface area (Å²) in [5.41, 5.74) is 3.91. The molecule has 1 fully saturated rings. The Morgan fingerprint density at radius 3 is 2.83 bits per heavy atom. The number of aryl methyl sites for hydroxylation is 1. The normalized spacial score (nSPS) is 20.2. The average molecular weight is 486 g/mol. The summed E-state index contributed by atoms with van der Waals surface area (Å²) >= 11 is 0. The number of halogens is 1. The summed E-state index contributed by atoms with van der Waals surface area (Å²) in [4.78, 5) is 13.8. The Bertz CT molecular complexity index is 939. The molecule has 0 bridgehead atoms. The number of nitrogens with zero attached hydrogens (tertiary/aromatic N) is 1. The standard InChI is InChI=1S/C29H40FNO4/c1-4-34-29(33)12-8-6-10-24-9-5-7-11-27(24)22(3)35-20-26(32)19-31-16-15-25(31)17-23-14-13-21(2)28(30)18-23/h6,9-11,13-14,18,22,25-26,32H,4-5,7-8,12,15-17,19-20H2,1-3H3/b10-6+/t22-,25+,26-/m1/s1. The number of ether oxygens (including phenoxy) is 2. The lowest BCUT2D eigenvalue weighted by molar-refractivity contribution is -0.143. The fourth-order valence-electron chi connectivity index (χ4n) is 4.59. The minimum absolute atomic E-state index is 0.131. The number of benzene rings is 1. The van der Waals surface area contributed by atoms with E-state index in [1.807, 2.05) is 32.1 Å². The monoisotopic (exact) mass is 485 g/mol. The van der Waals surface area contributed by atoms with Crippen LogP contribution in [0.25, 0.3) is 0 Å². The molecule has 1 aliphatic heterocycles. The summed E-state index contributed by atoms with van der Waals surface area (Å²) in [6.07, 6.45) is 12.6. The van der Waals surface area contributed by atoms with Gasteiger partial charge < -0.3 is 14.6 Å². The van der Waals surface area contributed by atoms with Crippen molar-refractivity contribution in [3.05, 3.63) is 70.6 Å². The van der Waals surface area contributed by atoms with Crippen molar-refractivity contribution in [3.8, 4) is 0 Å². The quantitative estimate of drug-likeness (QED) is 0.396. The zero-order valence-corrected chi connectivity index (χ0v) is 21.3. The molecule has 1 N–H and O–H groups in total. The highest BCUT2D eigenvalue weighted by molar-refractivity contribution is 5.69. The van der Waals surface area contributed by atoms with E-state index < -0.39 is 6.10 Å². The van der Waals surface area contributed by atoms with Crippen molar-refractivity contribution < 1.29 is 23.8 Å². The summed E-state index contributed by atoms with van der Waals surface area (Å²) in [7, 11) is 0. The van der Waals surface area contributed by atoms with Crippen molar-refractivity contribution in [2.75, 3.05) is 26.3 Å². The lowest BCUT2D eigenvalue weighted by Crippen LogP contribution is -2.52. The second kappa shape index (κ2) is 13.7. The number of esters is 1. The molecular weight excluding hydrogens is 445 g/mol. The van der Waals surface area contributed by atoms with Gasteiger partial charge in [-0.05, 0) is 81.2 Å². The average Bonchev–Trinajstić information content (AvgIpc) is 2.84. The van der Waals surface area contributed by atoms with Gasteiger partial charge in [-0.2, -0.15) is 0 Å². The molecule has 0 spiro atoms. The van der Waals surface area contributed by atoms with Crippen molar-refractivity contribution in [2.45, 2.75) is 77.5 Å². The number of β-amino-alcohol motifs (C(OH)–C–C–N with tert-alkyl or cyclic N) is 1. The fraction of sp³-hybridized carbons (Fsp3) is 0.552. The molecule has 0 aromatic heterocycles. The van der Waals surface area contributed by atoms with E-state index in [4.69, 9.17) is 9.47 Å². The predicted molar refractivity (Wildman–Crippen MR) is 137 cm³/mol. The molecular formula is C29H40FNO4. The van der Waals surface area contributed by atoms with Crippen molar-refractivity contribution in [3.63, 3.8) is 0 Å². The van der Waals surface area contributed by atoms with Crippen molar-refractivity contribution >= 4 is 5.97 Å². The highest BCUT2D eigenvalue weighted by Crippen LogP contribution is 2.26. The first-order valence-electron chi connectivity index (χ1n) is 12.9. The Morgan fingerprint density at radius 2 is 2.11 bits per heavy atom. The van der Waals surface area contributed by atoms with Gasteiger partial charge in [0, 0.05) is 25.6 Å². The summed E-state index contributed by atoms with van der Waals surface area (Å²) < 4.78 is 24.9. The third kappa shape index (κ3) is 8.41. The van der Waals surface area contributed by atoms with Crippen molar-refractivity contribution in [1.29, 1.82) is 0 Å². The molecule has 2 aliphatic rings. The Kier molecular flexibility index (Phi) is 10.7. The van der Waals surface area contributed by atoms with Crippen LogP contribution in [0, 0.1) is 12.7 Å². The van der Waals surface area contributed by atoms with Crippen LogP contribution in [0.4, 0.5) is 4.39 Å². The van der Waals surface area contributed by atoms with Gasteiger partial charge in [0.15, 0.2) is 0 Å². The first-order valence-corrected chi connectivity index (χ1v) is 12.9. The van der Waals surface area contributed by atoms with Gasteiger partial charge in [0.1, 0.15) is 5.82 Å². The Morgan fingerprint density at radius 1 is 1.31 bits per heavy atom. The molecule has 192 valence electrons. The molecule has 1 saturated heterocycles. The first kappa shape index (κ1) is 27.3. The number of likely N-dealkylation sites (tertiary alicyclic amines) is 1. The third-order valence-electron chi connectivity index (χ3n) is 6.74. The highest BCUT2D eigenvalue weighted by Gasteiger charge is 2.30. The van der Waals surface area contributed by atoms with Crippen LogP contribution in [-0.2, 0) is 20.7 Å². The van der Waals surface area contributed by atoms with Gasteiger partial charge in [-0.15, -0.1) is 0 Å². The number of allylic oxidation sites excluding steroid dienone is 4. The molecule has 0 radical (unpaired) electrons. The molecule has 1 aromatic carbocycles.